The van der Waals surface area contributed by atoms with Crippen molar-refractivity contribution >= 4 is 0 Å². The maximum absolute atomic E-state index is 12.9. The van der Waals surface area contributed by atoms with Crippen molar-refractivity contribution in [1.82, 2.24) is 0 Å². The van der Waals surface area contributed by atoms with Crippen molar-refractivity contribution in [1.29, 1.82) is 0 Å². The molecule has 0 saturated heterocycles. The summed E-state index contributed by atoms with van der Waals surface area (Å²) in [5.74, 6) is -0.988. The lowest BCUT2D eigenvalue weighted by atomic mass is 10.0. The Morgan fingerprint density at radius 3 is 1.93 bits per heavy atom. The fourth-order valence-corrected chi connectivity index (χ4v) is 2.07. The van der Waals surface area contributed by atoms with Gasteiger partial charge in [-0.2, -0.15) is 0 Å². The Kier molecular flexibility index (Phi) is 1.89. The summed E-state index contributed by atoms with van der Waals surface area (Å²) in [5.41, 5.74) is 6.46. The second-order valence-corrected chi connectivity index (χ2v) is 4.53. The third kappa shape index (κ3) is 1.32. The molecule has 2 atom stereocenters. The highest BCUT2D eigenvalue weighted by atomic mass is 19.1. The van der Waals surface area contributed by atoms with Gasteiger partial charge in [0.15, 0.2) is 0 Å². The first-order valence-electron chi connectivity index (χ1n) is 4.64. The van der Waals surface area contributed by atoms with Crippen molar-refractivity contribution in [3.8, 4) is 0 Å². The molecular formula is C11H13F2N. The number of benzene rings is 1. The molecule has 76 valence electrons. The number of hydrogen-bond acceptors (Lipinski definition) is 1. The van der Waals surface area contributed by atoms with Crippen molar-refractivity contribution < 1.29 is 8.78 Å². The fraction of sp³-hybridized carbons (Fsp3) is 0.455. The lowest BCUT2D eigenvalue weighted by Gasteiger charge is -2.03. The van der Waals surface area contributed by atoms with Crippen LogP contribution in [0.4, 0.5) is 8.78 Å². The molecule has 1 saturated carbocycles. The molecule has 3 heteroatoms. The van der Waals surface area contributed by atoms with E-state index in [9.17, 15) is 8.78 Å². The molecule has 1 aromatic rings. The highest BCUT2D eigenvalue weighted by Crippen LogP contribution is 2.57. The predicted molar refractivity (Wildman–Crippen MR) is 50.9 cm³/mol. The summed E-state index contributed by atoms with van der Waals surface area (Å²) in [6.45, 7) is 4.01. The third-order valence-electron chi connectivity index (χ3n) is 3.15. The topological polar surface area (TPSA) is 26.0 Å². The summed E-state index contributed by atoms with van der Waals surface area (Å²) >= 11 is 0. The molecular weight excluding hydrogens is 184 g/mol. The number of rotatable bonds is 1. The minimum Gasteiger partial charge on any atom is -0.327 e. The predicted octanol–water partition coefficient (Wildman–Crippen LogP) is 2.42. The van der Waals surface area contributed by atoms with Crippen LogP contribution in [0.5, 0.6) is 0 Å². The van der Waals surface area contributed by atoms with Crippen molar-refractivity contribution in [2.45, 2.75) is 25.8 Å². The monoisotopic (exact) mass is 197 g/mol. The SMILES string of the molecule is CC1(C)[C@H](N)[C@H]1c1cc(F)cc(F)c1. The summed E-state index contributed by atoms with van der Waals surface area (Å²) < 4.78 is 25.8. The first kappa shape index (κ1) is 9.59. The molecule has 1 nitrogen and oxygen atoms in total. The maximum Gasteiger partial charge on any atom is 0.126 e. The molecule has 1 aliphatic rings. The number of halogens is 2. The largest absolute Gasteiger partial charge is 0.327 e. The molecule has 1 aromatic carbocycles. The minimum absolute atomic E-state index is 0.00343. The van der Waals surface area contributed by atoms with Crippen molar-refractivity contribution in [2.75, 3.05) is 0 Å². The average Bonchev–Trinajstić information content (AvgIpc) is 2.48. The van der Waals surface area contributed by atoms with Crippen LogP contribution in [0.2, 0.25) is 0 Å². The Morgan fingerprint density at radius 2 is 1.57 bits per heavy atom. The molecule has 0 unspecified atom stereocenters. The van der Waals surface area contributed by atoms with Crippen LogP contribution in [0, 0.1) is 17.0 Å². The van der Waals surface area contributed by atoms with Crippen LogP contribution in [-0.2, 0) is 0 Å². The molecule has 0 aliphatic heterocycles. The zero-order chi connectivity index (χ0) is 10.5. The van der Waals surface area contributed by atoms with E-state index in [1.54, 1.807) is 0 Å². The van der Waals surface area contributed by atoms with E-state index in [2.05, 4.69) is 0 Å². The van der Waals surface area contributed by atoms with Gasteiger partial charge >= 0.3 is 0 Å². The summed E-state index contributed by atoms with van der Waals surface area (Å²) in [6.07, 6.45) is 0. The molecule has 2 N–H and O–H groups in total. The van der Waals surface area contributed by atoms with E-state index in [4.69, 9.17) is 5.73 Å². The fourth-order valence-electron chi connectivity index (χ4n) is 2.07. The normalized spacial score (nSPS) is 28.9. The Bertz CT molecular complexity index is 353. The van der Waals surface area contributed by atoms with E-state index >= 15 is 0 Å². The second kappa shape index (κ2) is 2.76. The summed E-state index contributed by atoms with van der Waals surface area (Å²) in [5, 5.41) is 0. The summed E-state index contributed by atoms with van der Waals surface area (Å²) in [7, 11) is 0. The van der Waals surface area contributed by atoms with Crippen LogP contribution in [0.1, 0.15) is 25.3 Å². The van der Waals surface area contributed by atoms with E-state index in [0.29, 0.717) is 5.56 Å². The molecule has 0 spiro atoms. The second-order valence-electron chi connectivity index (χ2n) is 4.53. The minimum atomic E-state index is -0.532. The zero-order valence-electron chi connectivity index (χ0n) is 8.22. The lowest BCUT2D eigenvalue weighted by molar-refractivity contribution is 0.571. The van der Waals surface area contributed by atoms with E-state index in [-0.39, 0.29) is 17.4 Å². The lowest BCUT2D eigenvalue weighted by Crippen LogP contribution is -2.06. The maximum atomic E-state index is 12.9. The van der Waals surface area contributed by atoms with Crippen LogP contribution in [0.3, 0.4) is 0 Å². The van der Waals surface area contributed by atoms with Gasteiger partial charge in [-0.25, -0.2) is 8.78 Å². The molecule has 1 fully saturated rings. The van der Waals surface area contributed by atoms with Gasteiger partial charge in [0, 0.05) is 18.0 Å². The summed E-state index contributed by atoms with van der Waals surface area (Å²) in [4.78, 5) is 0. The number of hydrogen-bond donors (Lipinski definition) is 1. The molecule has 14 heavy (non-hydrogen) atoms. The van der Waals surface area contributed by atoms with Gasteiger partial charge in [0.05, 0.1) is 0 Å². The Labute approximate surface area is 81.9 Å². The van der Waals surface area contributed by atoms with Gasteiger partial charge in [0.1, 0.15) is 11.6 Å². The third-order valence-corrected chi connectivity index (χ3v) is 3.15. The summed E-state index contributed by atoms with van der Waals surface area (Å²) in [6, 6.07) is 3.61. The van der Waals surface area contributed by atoms with Crippen LogP contribution in [-0.4, -0.2) is 6.04 Å². The Balaban J connectivity index is 2.35. The molecule has 2 rings (SSSR count). The molecule has 0 aromatic heterocycles. The van der Waals surface area contributed by atoms with Gasteiger partial charge in [0.2, 0.25) is 0 Å². The van der Waals surface area contributed by atoms with Gasteiger partial charge in [-0.15, -0.1) is 0 Å². The first-order valence-corrected chi connectivity index (χ1v) is 4.64. The zero-order valence-corrected chi connectivity index (χ0v) is 8.22. The van der Waals surface area contributed by atoms with Crippen molar-refractivity contribution in [3.05, 3.63) is 35.4 Å². The van der Waals surface area contributed by atoms with Gasteiger partial charge in [0.25, 0.3) is 0 Å². The highest BCUT2D eigenvalue weighted by molar-refractivity contribution is 5.34. The Morgan fingerprint density at radius 1 is 1.14 bits per heavy atom. The van der Waals surface area contributed by atoms with Crippen LogP contribution >= 0.6 is 0 Å². The quantitative estimate of drug-likeness (QED) is 0.735. The van der Waals surface area contributed by atoms with Gasteiger partial charge in [-0.05, 0) is 23.1 Å². The van der Waals surface area contributed by atoms with E-state index in [1.807, 2.05) is 13.8 Å². The van der Waals surface area contributed by atoms with E-state index < -0.39 is 11.6 Å². The van der Waals surface area contributed by atoms with Gasteiger partial charge in [-0.3, -0.25) is 0 Å². The number of nitrogens with two attached hydrogens (primary N) is 1. The van der Waals surface area contributed by atoms with Crippen LogP contribution in [0.15, 0.2) is 18.2 Å². The average molecular weight is 197 g/mol. The Hall–Kier alpha value is -0.960. The van der Waals surface area contributed by atoms with Crippen molar-refractivity contribution in [2.24, 2.45) is 11.1 Å². The van der Waals surface area contributed by atoms with E-state index in [1.165, 1.54) is 12.1 Å². The first-order chi connectivity index (χ1) is 6.43. The molecule has 0 radical (unpaired) electrons. The molecule has 0 amide bonds. The highest BCUT2D eigenvalue weighted by Gasteiger charge is 2.56. The van der Waals surface area contributed by atoms with Gasteiger partial charge < -0.3 is 5.73 Å². The smallest absolute Gasteiger partial charge is 0.126 e. The molecule has 0 bridgehead atoms. The molecule has 0 heterocycles. The molecule has 1 aliphatic carbocycles. The van der Waals surface area contributed by atoms with Crippen LogP contribution < -0.4 is 5.73 Å². The van der Waals surface area contributed by atoms with Crippen molar-refractivity contribution in [3.63, 3.8) is 0 Å². The van der Waals surface area contributed by atoms with E-state index in [0.717, 1.165) is 6.07 Å². The van der Waals surface area contributed by atoms with Crippen LogP contribution in [0.25, 0.3) is 0 Å². The van der Waals surface area contributed by atoms with Gasteiger partial charge in [-0.1, -0.05) is 13.8 Å². The standard InChI is InChI=1S/C11H13F2N/c1-11(2)9(10(11)14)6-3-7(12)5-8(13)4-6/h3-5,9-10H,14H2,1-2H3/t9-,10-/m1/s1.